The SMILES string of the molecule is NN=Cc1cn(CC(=O)Nc2ccccc2)c2ccccc12. The summed E-state index contributed by atoms with van der Waals surface area (Å²) in [5.74, 6) is 5.16. The van der Waals surface area contributed by atoms with Gasteiger partial charge in [0.05, 0.1) is 6.21 Å². The maximum absolute atomic E-state index is 12.2. The highest BCUT2D eigenvalue weighted by Gasteiger charge is 2.10. The first kappa shape index (κ1) is 13.9. The minimum absolute atomic E-state index is 0.0804. The molecule has 110 valence electrons. The van der Waals surface area contributed by atoms with Crippen molar-refractivity contribution in [2.45, 2.75) is 6.54 Å². The molecule has 3 aromatic rings. The summed E-state index contributed by atoms with van der Waals surface area (Å²) in [5, 5.41) is 7.47. The van der Waals surface area contributed by atoms with Gasteiger partial charge < -0.3 is 15.7 Å². The van der Waals surface area contributed by atoms with Gasteiger partial charge >= 0.3 is 0 Å². The Bertz CT molecular complexity index is 821. The first-order valence-corrected chi connectivity index (χ1v) is 6.94. The van der Waals surface area contributed by atoms with E-state index in [1.807, 2.05) is 65.4 Å². The summed E-state index contributed by atoms with van der Waals surface area (Å²) in [6.45, 7) is 0.230. The second-order valence-electron chi connectivity index (χ2n) is 4.92. The van der Waals surface area contributed by atoms with Gasteiger partial charge in [0.25, 0.3) is 0 Å². The number of rotatable bonds is 4. The molecule has 2 aromatic carbocycles. The van der Waals surface area contributed by atoms with Gasteiger partial charge in [-0.25, -0.2) is 0 Å². The van der Waals surface area contributed by atoms with E-state index in [2.05, 4.69) is 10.4 Å². The standard InChI is InChI=1S/C17H16N4O/c18-19-10-13-11-21(16-9-5-4-8-15(13)16)12-17(22)20-14-6-2-1-3-7-14/h1-11H,12,18H2,(H,20,22). The molecule has 3 rings (SSSR count). The van der Waals surface area contributed by atoms with Crippen molar-refractivity contribution in [1.82, 2.24) is 4.57 Å². The fraction of sp³-hybridized carbons (Fsp3) is 0.0588. The van der Waals surface area contributed by atoms with Gasteiger partial charge in [-0.05, 0) is 18.2 Å². The number of hydrogen-bond acceptors (Lipinski definition) is 3. The van der Waals surface area contributed by atoms with Gasteiger partial charge in [0, 0.05) is 28.4 Å². The molecular formula is C17H16N4O. The molecule has 3 N–H and O–H groups in total. The van der Waals surface area contributed by atoms with E-state index in [-0.39, 0.29) is 12.5 Å². The zero-order valence-electron chi connectivity index (χ0n) is 11.9. The van der Waals surface area contributed by atoms with Gasteiger partial charge in [-0.3, -0.25) is 4.79 Å². The Morgan fingerprint density at radius 2 is 1.86 bits per heavy atom. The molecule has 0 radical (unpaired) electrons. The average Bonchev–Trinajstić information content (AvgIpc) is 2.87. The van der Waals surface area contributed by atoms with Crippen LogP contribution in [0.15, 0.2) is 65.9 Å². The van der Waals surface area contributed by atoms with Crippen molar-refractivity contribution in [2.75, 3.05) is 5.32 Å². The number of benzene rings is 2. The summed E-state index contributed by atoms with van der Waals surface area (Å²) in [5.41, 5.74) is 2.65. The lowest BCUT2D eigenvalue weighted by Crippen LogP contribution is -2.18. The lowest BCUT2D eigenvalue weighted by atomic mass is 10.2. The topological polar surface area (TPSA) is 72.4 Å². The predicted octanol–water partition coefficient (Wildman–Crippen LogP) is 2.57. The Balaban J connectivity index is 1.86. The summed E-state index contributed by atoms with van der Waals surface area (Å²) in [4.78, 5) is 12.2. The molecule has 0 fully saturated rings. The van der Waals surface area contributed by atoms with Crippen molar-refractivity contribution in [1.29, 1.82) is 0 Å². The number of anilines is 1. The highest BCUT2D eigenvalue weighted by molar-refractivity contribution is 6.00. The molecule has 0 unspecified atom stereocenters. The van der Waals surface area contributed by atoms with Gasteiger partial charge in [0.2, 0.25) is 5.91 Å². The normalized spacial score (nSPS) is 11.1. The summed E-state index contributed by atoms with van der Waals surface area (Å²) in [6, 6.07) is 17.2. The van der Waals surface area contributed by atoms with E-state index in [0.29, 0.717) is 0 Å². The number of para-hydroxylation sites is 2. The zero-order valence-corrected chi connectivity index (χ0v) is 11.9. The van der Waals surface area contributed by atoms with Crippen molar-refractivity contribution >= 4 is 28.7 Å². The van der Waals surface area contributed by atoms with Crippen LogP contribution in [0.25, 0.3) is 10.9 Å². The Morgan fingerprint density at radius 1 is 1.14 bits per heavy atom. The van der Waals surface area contributed by atoms with E-state index in [4.69, 9.17) is 5.84 Å². The third-order valence-corrected chi connectivity index (χ3v) is 3.40. The van der Waals surface area contributed by atoms with Crippen LogP contribution >= 0.6 is 0 Å². The third-order valence-electron chi connectivity index (χ3n) is 3.40. The molecule has 0 spiro atoms. The number of hydrazone groups is 1. The van der Waals surface area contributed by atoms with Crippen LogP contribution in [-0.4, -0.2) is 16.7 Å². The first-order chi connectivity index (χ1) is 10.8. The molecule has 0 aliphatic heterocycles. The number of carbonyl (C=O) groups excluding carboxylic acids is 1. The Hall–Kier alpha value is -3.08. The van der Waals surface area contributed by atoms with Crippen molar-refractivity contribution in [3.8, 4) is 0 Å². The molecule has 5 nitrogen and oxygen atoms in total. The third kappa shape index (κ3) is 2.83. The minimum Gasteiger partial charge on any atom is -0.337 e. The van der Waals surface area contributed by atoms with Crippen LogP contribution in [-0.2, 0) is 11.3 Å². The Morgan fingerprint density at radius 3 is 2.64 bits per heavy atom. The molecule has 22 heavy (non-hydrogen) atoms. The molecular weight excluding hydrogens is 276 g/mol. The van der Waals surface area contributed by atoms with Gasteiger partial charge in [-0.1, -0.05) is 36.4 Å². The molecule has 0 bridgehead atoms. The molecule has 0 atom stereocenters. The molecule has 5 heteroatoms. The maximum Gasteiger partial charge on any atom is 0.244 e. The van der Waals surface area contributed by atoms with Crippen molar-refractivity contribution in [2.24, 2.45) is 10.9 Å². The van der Waals surface area contributed by atoms with Crippen LogP contribution < -0.4 is 11.2 Å². The van der Waals surface area contributed by atoms with Gasteiger partial charge in [0.1, 0.15) is 6.54 Å². The zero-order chi connectivity index (χ0) is 15.4. The number of hydrogen-bond donors (Lipinski definition) is 2. The number of fused-ring (bicyclic) bond motifs is 1. The Labute approximate surface area is 128 Å². The average molecular weight is 292 g/mol. The highest BCUT2D eigenvalue weighted by Crippen LogP contribution is 2.20. The van der Waals surface area contributed by atoms with Crippen LogP contribution in [0.1, 0.15) is 5.56 Å². The monoisotopic (exact) mass is 292 g/mol. The fourth-order valence-corrected chi connectivity index (χ4v) is 2.47. The number of amides is 1. The predicted molar refractivity (Wildman–Crippen MR) is 88.8 cm³/mol. The van der Waals surface area contributed by atoms with E-state index in [1.165, 1.54) is 0 Å². The number of nitrogens with zero attached hydrogens (tertiary/aromatic N) is 2. The number of nitrogens with two attached hydrogens (primary N) is 1. The second-order valence-corrected chi connectivity index (χ2v) is 4.92. The van der Waals surface area contributed by atoms with E-state index >= 15 is 0 Å². The molecule has 0 saturated heterocycles. The van der Waals surface area contributed by atoms with Crippen molar-refractivity contribution in [3.63, 3.8) is 0 Å². The van der Waals surface area contributed by atoms with Crippen molar-refractivity contribution in [3.05, 3.63) is 66.4 Å². The van der Waals surface area contributed by atoms with Crippen LogP contribution in [0.2, 0.25) is 0 Å². The van der Waals surface area contributed by atoms with Crippen LogP contribution in [0.4, 0.5) is 5.69 Å². The second kappa shape index (κ2) is 6.13. The smallest absolute Gasteiger partial charge is 0.244 e. The largest absolute Gasteiger partial charge is 0.337 e. The van der Waals surface area contributed by atoms with E-state index < -0.39 is 0 Å². The van der Waals surface area contributed by atoms with Gasteiger partial charge in [-0.15, -0.1) is 0 Å². The summed E-state index contributed by atoms with van der Waals surface area (Å²) < 4.78 is 1.89. The summed E-state index contributed by atoms with van der Waals surface area (Å²) in [7, 11) is 0. The number of nitrogens with one attached hydrogen (secondary N) is 1. The fourth-order valence-electron chi connectivity index (χ4n) is 2.47. The van der Waals surface area contributed by atoms with Crippen LogP contribution in [0, 0.1) is 0 Å². The van der Waals surface area contributed by atoms with Crippen LogP contribution in [0.3, 0.4) is 0 Å². The first-order valence-electron chi connectivity index (χ1n) is 6.94. The Kier molecular flexibility index (Phi) is 3.87. The molecule has 1 heterocycles. The summed E-state index contributed by atoms with van der Waals surface area (Å²) in [6.07, 6.45) is 3.47. The summed E-state index contributed by atoms with van der Waals surface area (Å²) >= 11 is 0. The maximum atomic E-state index is 12.2. The molecule has 0 saturated carbocycles. The lowest BCUT2D eigenvalue weighted by molar-refractivity contribution is -0.116. The minimum atomic E-state index is -0.0804. The molecule has 0 aliphatic rings. The number of carbonyl (C=O) groups is 1. The van der Waals surface area contributed by atoms with Gasteiger partial charge in [0.15, 0.2) is 0 Å². The van der Waals surface area contributed by atoms with E-state index in [9.17, 15) is 4.79 Å². The molecule has 1 amide bonds. The molecule has 1 aromatic heterocycles. The van der Waals surface area contributed by atoms with Gasteiger partial charge in [-0.2, -0.15) is 5.10 Å². The van der Waals surface area contributed by atoms with E-state index in [1.54, 1.807) is 6.21 Å². The number of aromatic nitrogens is 1. The van der Waals surface area contributed by atoms with Crippen molar-refractivity contribution < 1.29 is 4.79 Å². The van der Waals surface area contributed by atoms with Crippen LogP contribution in [0.5, 0.6) is 0 Å². The quantitative estimate of drug-likeness (QED) is 0.441. The molecule has 0 aliphatic carbocycles. The highest BCUT2D eigenvalue weighted by atomic mass is 16.1. The lowest BCUT2D eigenvalue weighted by Gasteiger charge is -2.07. The van der Waals surface area contributed by atoms with E-state index in [0.717, 1.165) is 22.2 Å².